The third-order valence-corrected chi connectivity index (χ3v) is 3.50. The molecule has 1 N–H and O–H groups in total. The Bertz CT molecular complexity index is 594. The van der Waals surface area contributed by atoms with Gasteiger partial charge in [0.05, 0.1) is 14.2 Å². The summed E-state index contributed by atoms with van der Waals surface area (Å²) in [6, 6.07) is 14.5. The summed E-state index contributed by atoms with van der Waals surface area (Å²) in [4.78, 5) is 0. The Hall–Kier alpha value is -2.16. The van der Waals surface area contributed by atoms with Crippen molar-refractivity contribution < 1.29 is 9.47 Å². The lowest BCUT2D eigenvalue weighted by atomic mass is 10.0. The van der Waals surface area contributed by atoms with Crippen LogP contribution in [0.1, 0.15) is 30.9 Å². The number of methoxy groups -OCH3 is 2. The van der Waals surface area contributed by atoms with E-state index in [0.29, 0.717) is 5.92 Å². The van der Waals surface area contributed by atoms with E-state index in [-0.39, 0.29) is 0 Å². The Balaban J connectivity index is 2.07. The quantitative estimate of drug-likeness (QED) is 0.851. The number of benzene rings is 2. The van der Waals surface area contributed by atoms with Gasteiger partial charge in [0.25, 0.3) is 0 Å². The fourth-order valence-corrected chi connectivity index (χ4v) is 2.20. The molecule has 0 aromatic heterocycles. The molecule has 0 bridgehead atoms. The molecule has 0 fully saturated rings. The molecule has 21 heavy (non-hydrogen) atoms. The van der Waals surface area contributed by atoms with Crippen molar-refractivity contribution >= 4 is 5.69 Å². The minimum atomic E-state index is 0.535. The van der Waals surface area contributed by atoms with Crippen molar-refractivity contribution in [2.24, 2.45) is 0 Å². The van der Waals surface area contributed by atoms with Gasteiger partial charge in [-0.15, -0.1) is 0 Å². The van der Waals surface area contributed by atoms with Crippen LogP contribution in [0.4, 0.5) is 5.69 Å². The Labute approximate surface area is 126 Å². The van der Waals surface area contributed by atoms with Crippen LogP contribution in [-0.4, -0.2) is 14.2 Å². The van der Waals surface area contributed by atoms with Gasteiger partial charge in [-0.2, -0.15) is 0 Å². The topological polar surface area (TPSA) is 30.5 Å². The fraction of sp³-hybridized carbons (Fsp3) is 0.333. The highest BCUT2D eigenvalue weighted by Gasteiger charge is 2.05. The number of rotatable bonds is 6. The van der Waals surface area contributed by atoms with Gasteiger partial charge in [-0.25, -0.2) is 0 Å². The van der Waals surface area contributed by atoms with E-state index >= 15 is 0 Å². The van der Waals surface area contributed by atoms with E-state index in [0.717, 1.165) is 29.3 Å². The molecule has 112 valence electrons. The van der Waals surface area contributed by atoms with Crippen LogP contribution in [0.25, 0.3) is 0 Å². The fourth-order valence-electron chi connectivity index (χ4n) is 2.20. The number of hydrogen-bond donors (Lipinski definition) is 1. The zero-order valence-corrected chi connectivity index (χ0v) is 13.1. The lowest BCUT2D eigenvalue weighted by Crippen LogP contribution is -2.01. The molecular formula is C18H23NO2. The molecule has 0 heterocycles. The molecule has 0 aliphatic rings. The minimum absolute atomic E-state index is 0.535. The number of anilines is 1. The third-order valence-electron chi connectivity index (χ3n) is 3.50. The largest absolute Gasteiger partial charge is 0.493 e. The van der Waals surface area contributed by atoms with Gasteiger partial charge in [-0.3, -0.25) is 0 Å². The molecular weight excluding hydrogens is 262 g/mol. The van der Waals surface area contributed by atoms with Crippen LogP contribution < -0.4 is 14.8 Å². The first-order valence-electron chi connectivity index (χ1n) is 7.18. The number of ether oxygens (including phenoxy) is 2. The first-order valence-corrected chi connectivity index (χ1v) is 7.18. The second kappa shape index (κ2) is 7.02. The van der Waals surface area contributed by atoms with Crippen LogP contribution in [-0.2, 0) is 6.54 Å². The van der Waals surface area contributed by atoms with E-state index in [2.05, 4.69) is 43.4 Å². The number of nitrogens with one attached hydrogen (secondary N) is 1. The van der Waals surface area contributed by atoms with Crippen molar-refractivity contribution in [3.63, 3.8) is 0 Å². The molecule has 0 aliphatic carbocycles. The smallest absolute Gasteiger partial charge is 0.161 e. The van der Waals surface area contributed by atoms with Crippen molar-refractivity contribution in [3.05, 3.63) is 53.6 Å². The second-order valence-electron chi connectivity index (χ2n) is 5.32. The molecule has 0 spiro atoms. The van der Waals surface area contributed by atoms with Crippen molar-refractivity contribution in [3.8, 4) is 11.5 Å². The van der Waals surface area contributed by atoms with Crippen LogP contribution in [0.3, 0.4) is 0 Å². The van der Waals surface area contributed by atoms with Crippen molar-refractivity contribution in [2.75, 3.05) is 19.5 Å². The monoisotopic (exact) mass is 285 g/mol. The summed E-state index contributed by atoms with van der Waals surface area (Å²) in [6.07, 6.45) is 0. The van der Waals surface area contributed by atoms with E-state index in [1.807, 2.05) is 18.2 Å². The van der Waals surface area contributed by atoms with Crippen molar-refractivity contribution in [1.29, 1.82) is 0 Å². The van der Waals surface area contributed by atoms with Gasteiger partial charge in [0.1, 0.15) is 0 Å². The highest BCUT2D eigenvalue weighted by molar-refractivity contribution is 5.48. The molecule has 3 heteroatoms. The summed E-state index contributed by atoms with van der Waals surface area (Å²) < 4.78 is 10.6. The van der Waals surface area contributed by atoms with Gasteiger partial charge in [0.15, 0.2) is 11.5 Å². The average molecular weight is 285 g/mol. The molecule has 2 aromatic carbocycles. The molecule has 2 rings (SSSR count). The van der Waals surface area contributed by atoms with Crippen molar-refractivity contribution in [1.82, 2.24) is 0 Å². The third kappa shape index (κ3) is 3.91. The SMILES string of the molecule is COc1ccc(CNc2cccc(C(C)C)c2)cc1OC. The van der Waals surface area contributed by atoms with Gasteiger partial charge >= 0.3 is 0 Å². The molecule has 0 aliphatic heterocycles. The molecule has 3 nitrogen and oxygen atoms in total. The number of hydrogen-bond acceptors (Lipinski definition) is 3. The predicted molar refractivity (Wildman–Crippen MR) is 87.4 cm³/mol. The highest BCUT2D eigenvalue weighted by atomic mass is 16.5. The van der Waals surface area contributed by atoms with Gasteiger partial charge in [-0.1, -0.05) is 32.0 Å². The lowest BCUT2D eigenvalue weighted by molar-refractivity contribution is 0.354. The zero-order valence-electron chi connectivity index (χ0n) is 13.1. The summed E-state index contributed by atoms with van der Waals surface area (Å²) in [6.45, 7) is 5.16. The normalized spacial score (nSPS) is 10.5. The Kier molecular flexibility index (Phi) is 5.09. The average Bonchev–Trinajstić information content (AvgIpc) is 2.52. The summed E-state index contributed by atoms with van der Waals surface area (Å²) in [7, 11) is 3.30. The van der Waals surface area contributed by atoms with Crippen LogP contribution in [0.5, 0.6) is 11.5 Å². The molecule has 0 amide bonds. The summed E-state index contributed by atoms with van der Waals surface area (Å²) in [5.74, 6) is 2.05. The maximum atomic E-state index is 5.33. The van der Waals surface area contributed by atoms with E-state index in [1.165, 1.54) is 5.56 Å². The first-order chi connectivity index (χ1) is 10.1. The minimum Gasteiger partial charge on any atom is -0.493 e. The zero-order chi connectivity index (χ0) is 15.2. The Morgan fingerprint density at radius 1 is 0.952 bits per heavy atom. The van der Waals surface area contributed by atoms with Crippen LogP contribution >= 0.6 is 0 Å². The maximum Gasteiger partial charge on any atom is 0.161 e. The van der Waals surface area contributed by atoms with Gasteiger partial charge in [0.2, 0.25) is 0 Å². The summed E-state index contributed by atoms with van der Waals surface area (Å²) in [5.41, 5.74) is 3.63. The predicted octanol–water partition coefficient (Wildman–Crippen LogP) is 4.44. The summed E-state index contributed by atoms with van der Waals surface area (Å²) >= 11 is 0. The van der Waals surface area contributed by atoms with Gasteiger partial charge < -0.3 is 14.8 Å². The molecule has 0 atom stereocenters. The van der Waals surface area contributed by atoms with Gasteiger partial charge in [0, 0.05) is 12.2 Å². The van der Waals surface area contributed by atoms with Gasteiger partial charge in [-0.05, 0) is 41.3 Å². The molecule has 0 saturated heterocycles. The van der Waals surface area contributed by atoms with Crippen LogP contribution in [0, 0.1) is 0 Å². The van der Waals surface area contributed by atoms with E-state index in [4.69, 9.17) is 9.47 Å². The molecule has 0 unspecified atom stereocenters. The lowest BCUT2D eigenvalue weighted by Gasteiger charge is -2.12. The van der Waals surface area contributed by atoms with E-state index < -0.39 is 0 Å². The van der Waals surface area contributed by atoms with Crippen LogP contribution in [0.2, 0.25) is 0 Å². The first kappa shape index (κ1) is 15.2. The molecule has 0 saturated carbocycles. The Morgan fingerprint density at radius 3 is 2.38 bits per heavy atom. The molecule has 0 radical (unpaired) electrons. The van der Waals surface area contributed by atoms with E-state index in [1.54, 1.807) is 14.2 Å². The Morgan fingerprint density at radius 2 is 1.71 bits per heavy atom. The molecule has 2 aromatic rings. The maximum absolute atomic E-state index is 5.33. The van der Waals surface area contributed by atoms with Crippen molar-refractivity contribution in [2.45, 2.75) is 26.3 Å². The van der Waals surface area contributed by atoms with Crippen LogP contribution in [0.15, 0.2) is 42.5 Å². The standard InChI is InChI=1S/C18H23NO2/c1-13(2)15-6-5-7-16(11-15)19-12-14-8-9-17(20-3)18(10-14)21-4/h5-11,13,19H,12H2,1-4H3. The summed E-state index contributed by atoms with van der Waals surface area (Å²) in [5, 5.41) is 3.45. The highest BCUT2D eigenvalue weighted by Crippen LogP contribution is 2.28. The van der Waals surface area contributed by atoms with E-state index in [9.17, 15) is 0 Å². The second-order valence-corrected chi connectivity index (χ2v) is 5.32.